The van der Waals surface area contributed by atoms with Crippen LogP contribution in [-0.4, -0.2) is 40.7 Å². The highest BCUT2D eigenvalue weighted by molar-refractivity contribution is 9.10. The van der Waals surface area contributed by atoms with E-state index in [-0.39, 0.29) is 9.63 Å². The van der Waals surface area contributed by atoms with Crippen LogP contribution in [0.2, 0.25) is 0 Å². The van der Waals surface area contributed by atoms with E-state index < -0.39 is 22.2 Å². The highest BCUT2D eigenvalue weighted by Gasteiger charge is 2.30. The van der Waals surface area contributed by atoms with E-state index in [4.69, 9.17) is 0 Å². The van der Waals surface area contributed by atoms with Gasteiger partial charge in [-0.15, -0.1) is 5.10 Å². The molecule has 0 spiro atoms. The Hall–Kier alpha value is -0.510. The zero-order chi connectivity index (χ0) is 14.0. The normalized spacial score (nSPS) is 25.2. The van der Waals surface area contributed by atoms with E-state index in [1.54, 1.807) is 0 Å². The van der Waals surface area contributed by atoms with E-state index in [2.05, 4.69) is 31.0 Å². The van der Waals surface area contributed by atoms with Crippen LogP contribution in [0, 0.1) is 0 Å². The SMILES string of the molecule is Cn1nnc(Br)c1S(=O)(=O)NC1CCCCCC1O. The third kappa shape index (κ3) is 3.33. The molecule has 1 fully saturated rings. The van der Waals surface area contributed by atoms with E-state index in [1.165, 1.54) is 11.7 Å². The molecule has 2 rings (SSSR count). The van der Waals surface area contributed by atoms with Crippen molar-refractivity contribution < 1.29 is 13.5 Å². The van der Waals surface area contributed by atoms with Gasteiger partial charge in [0.25, 0.3) is 10.0 Å². The van der Waals surface area contributed by atoms with Crippen LogP contribution in [0.5, 0.6) is 0 Å². The summed E-state index contributed by atoms with van der Waals surface area (Å²) in [5.74, 6) is 0. The lowest BCUT2D eigenvalue weighted by Gasteiger charge is -2.21. The zero-order valence-corrected chi connectivity index (χ0v) is 13.0. The molecule has 9 heteroatoms. The van der Waals surface area contributed by atoms with Gasteiger partial charge in [-0.05, 0) is 28.8 Å². The van der Waals surface area contributed by atoms with Gasteiger partial charge in [0.1, 0.15) is 0 Å². The van der Waals surface area contributed by atoms with Gasteiger partial charge in [0.15, 0.2) is 4.60 Å². The Bertz CT molecular complexity index is 525. The Labute approximate surface area is 120 Å². The molecule has 2 unspecified atom stereocenters. The molecule has 0 radical (unpaired) electrons. The maximum absolute atomic E-state index is 12.3. The predicted octanol–water partition coefficient (Wildman–Crippen LogP) is 0.549. The highest BCUT2D eigenvalue weighted by Crippen LogP contribution is 2.22. The molecule has 1 heterocycles. The fourth-order valence-corrected chi connectivity index (χ4v) is 4.69. The molecule has 7 nitrogen and oxygen atoms in total. The molecular formula is C10H17BrN4O3S. The van der Waals surface area contributed by atoms with Crippen molar-refractivity contribution in [3.63, 3.8) is 0 Å². The van der Waals surface area contributed by atoms with E-state index in [1.807, 2.05) is 0 Å². The molecule has 0 aliphatic heterocycles. The van der Waals surface area contributed by atoms with Crippen LogP contribution in [0.1, 0.15) is 32.1 Å². The van der Waals surface area contributed by atoms with Crippen molar-refractivity contribution in [2.75, 3.05) is 0 Å². The number of rotatable bonds is 3. The van der Waals surface area contributed by atoms with Gasteiger partial charge in [-0.3, -0.25) is 0 Å². The molecule has 2 atom stereocenters. The lowest BCUT2D eigenvalue weighted by Crippen LogP contribution is -2.43. The monoisotopic (exact) mass is 352 g/mol. The van der Waals surface area contributed by atoms with Crippen LogP contribution in [0.25, 0.3) is 0 Å². The quantitative estimate of drug-likeness (QED) is 0.774. The maximum Gasteiger partial charge on any atom is 0.260 e. The number of aliphatic hydroxyl groups is 1. The second kappa shape index (κ2) is 5.86. The predicted molar refractivity (Wildman–Crippen MR) is 71.9 cm³/mol. The smallest absolute Gasteiger partial charge is 0.260 e. The number of sulfonamides is 1. The summed E-state index contributed by atoms with van der Waals surface area (Å²) in [5.41, 5.74) is 0. The van der Waals surface area contributed by atoms with Gasteiger partial charge < -0.3 is 5.11 Å². The second-order valence-electron chi connectivity index (χ2n) is 4.74. The van der Waals surface area contributed by atoms with Gasteiger partial charge in [-0.2, -0.15) is 0 Å². The summed E-state index contributed by atoms with van der Waals surface area (Å²) in [6.07, 6.45) is 3.48. The molecule has 0 aromatic carbocycles. The fourth-order valence-electron chi connectivity index (χ4n) is 2.29. The minimum absolute atomic E-state index is 0.0241. The standard InChI is InChI=1S/C10H17BrN4O3S/c1-15-10(9(11)12-14-15)19(17,18)13-7-5-3-2-4-6-8(7)16/h7-8,13,16H,2-6H2,1H3. The zero-order valence-electron chi connectivity index (χ0n) is 10.6. The Morgan fingerprint density at radius 3 is 2.68 bits per heavy atom. The minimum Gasteiger partial charge on any atom is -0.391 e. The highest BCUT2D eigenvalue weighted by atomic mass is 79.9. The van der Waals surface area contributed by atoms with Crippen molar-refractivity contribution in [3.8, 4) is 0 Å². The number of aryl methyl sites for hydroxylation is 1. The van der Waals surface area contributed by atoms with Crippen LogP contribution in [0.15, 0.2) is 9.63 Å². The molecule has 1 aliphatic carbocycles. The van der Waals surface area contributed by atoms with Gasteiger partial charge in [0.05, 0.1) is 6.10 Å². The number of halogens is 1. The van der Waals surface area contributed by atoms with Gasteiger partial charge in [0, 0.05) is 13.1 Å². The van der Waals surface area contributed by atoms with Crippen LogP contribution >= 0.6 is 15.9 Å². The minimum atomic E-state index is -3.75. The van der Waals surface area contributed by atoms with Gasteiger partial charge >= 0.3 is 0 Å². The fraction of sp³-hybridized carbons (Fsp3) is 0.800. The first-order valence-corrected chi connectivity index (χ1v) is 8.45. The number of aliphatic hydroxyl groups excluding tert-OH is 1. The van der Waals surface area contributed by atoms with Gasteiger partial charge in [-0.25, -0.2) is 17.8 Å². The summed E-state index contributed by atoms with van der Waals surface area (Å²) in [4.78, 5) is 0. The van der Waals surface area contributed by atoms with E-state index >= 15 is 0 Å². The molecule has 1 aromatic heterocycles. The number of hydrogen-bond acceptors (Lipinski definition) is 5. The van der Waals surface area contributed by atoms with Crippen LogP contribution in [0.3, 0.4) is 0 Å². The van der Waals surface area contributed by atoms with Crippen molar-refractivity contribution in [3.05, 3.63) is 4.60 Å². The number of hydrogen-bond donors (Lipinski definition) is 2. The Morgan fingerprint density at radius 2 is 2.05 bits per heavy atom. The van der Waals surface area contributed by atoms with Crippen molar-refractivity contribution in [2.45, 2.75) is 49.3 Å². The van der Waals surface area contributed by atoms with Gasteiger partial charge in [-0.1, -0.05) is 24.5 Å². The van der Waals surface area contributed by atoms with Crippen molar-refractivity contribution >= 4 is 26.0 Å². The summed E-state index contributed by atoms with van der Waals surface area (Å²) < 4.78 is 28.5. The summed E-state index contributed by atoms with van der Waals surface area (Å²) >= 11 is 3.07. The maximum atomic E-state index is 12.3. The number of nitrogens with one attached hydrogen (secondary N) is 1. The average molecular weight is 353 g/mol. The molecule has 0 saturated heterocycles. The molecule has 0 amide bonds. The van der Waals surface area contributed by atoms with Crippen LogP contribution < -0.4 is 4.72 Å². The third-order valence-corrected chi connectivity index (χ3v) is 5.65. The summed E-state index contributed by atoms with van der Waals surface area (Å²) in [5, 5.41) is 17.3. The average Bonchev–Trinajstić information content (AvgIpc) is 2.54. The molecule has 2 N–H and O–H groups in total. The van der Waals surface area contributed by atoms with E-state index in [9.17, 15) is 13.5 Å². The van der Waals surface area contributed by atoms with Gasteiger partial charge in [0.2, 0.25) is 5.03 Å². The second-order valence-corrected chi connectivity index (χ2v) is 7.12. The molecule has 0 bridgehead atoms. The van der Waals surface area contributed by atoms with Crippen molar-refractivity contribution in [2.24, 2.45) is 7.05 Å². The number of aromatic nitrogens is 3. The summed E-state index contributed by atoms with van der Waals surface area (Å²) in [6, 6.07) is -0.450. The first kappa shape index (κ1) is 14.9. The van der Waals surface area contributed by atoms with E-state index in [0.29, 0.717) is 12.8 Å². The Balaban J connectivity index is 2.21. The number of nitrogens with zero attached hydrogens (tertiary/aromatic N) is 3. The topological polar surface area (TPSA) is 97.1 Å². The molecule has 1 saturated carbocycles. The molecule has 19 heavy (non-hydrogen) atoms. The largest absolute Gasteiger partial charge is 0.391 e. The molecular weight excluding hydrogens is 336 g/mol. The van der Waals surface area contributed by atoms with Crippen molar-refractivity contribution in [1.29, 1.82) is 0 Å². The van der Waals surface area contributed by atoms with Crippen LogP contribution in [-0.2, 0) is 17.1 Å². The first-order valence-electron chi connectivity index (χ1n) is 6.17. The molecule has 1 aliphatic rings. The summed E-state index contributed by atoms with van der Waals surface area (Å²) in [7, 11) is -2.24. The van der Waals surface area contributed by atoms with E-state index in [0.717, 1.165) is 19.3 Å². The molecule has 1 aromatic rings. The lowest BCUT2D eigenvalue weighted by molar-refractivity contribution is 0.130. The lowest BCUT2D eigenvalue weighted by atomic mass is 10.1. The third-order valence-electron chi connectivity index (χ3n) is 3.28. The Kier molecular flexibility index (Phi) is 4.59. The Morgan fingerprint density at radius 1 is 1.37 bits per heavy atom. The molecule has 108 valence electrons. The first-order chi connectivity index (χ1) is 8.92. The van der Waals surface area contributed by atoms with Crippen molar-refractivity contribution in [1.82, 2.24) is 19.7 Å². The summed E-state index contributed by atoms with van der Waals surface area (Å²) in [6.45, 7) is 0. The van der Waals surface area contributed by atoms with Crippen LogP contribution in [0.4, 0.5) is 0 Å².